The van der Waals surface area contributed by atoms with E-state index in [1.165, 1.54) is 0 Å². The Morgan fingerprint density at radius 3 is 2.83 bits per heavy atom. The van der Waals surface area contributed by atoms with Crippen molar-refractivity contribution in [3.8, 4) is 0 Å². The fourth-order valence-corrected chi connectivity index (χ4v) is 2.39. The second kappa shape index (κ2) is 6.70. The highest BCUT2D eigenvalue weighted by molar-refractivity contribution is 5.81. The van der Waals surface area contributed by atoms with Crippen molar-refractivity contribution in [2.75, 3.05) is 52.4 Å². The summed E-state index contributed by atoms with van der Waals surface area (Å²) in [5.41, 5.74) is 0. The van der Waals surface area contributed by atoms with E-state index in [2.05, 4.69) is 10.6 Å². The van der Waals surface area contributed by atoms with Crippen LogP contribution in [0.15, 0.2) is 0 Å². The molecule has 18 heavy (non-hydrogen) atoms. The molecule has 0 atom stereocenters. The van der Waals surface area contributed by atoms with Gasteiger partial charge in [0, 0.05) is 32.7 Å². The van der Waals surface area contributed by atoms with Crippen LogP contribution in [0.4, 0.5) is 0 Å². The van der Waals surface area contributed by atoms with E-state index >= 15 is 0 Å². The molecular formula is C12H22N4O2. The Kier molecular flexibility index (Phi) is 4.95. The normalized spacial score (nSPS) is 23.1. The predicted molar refractivity (Wildman–Crippen MR) is 68.1 cm³/mol. The van der Waals surface area contributed by atoms with Crippen molar-refractivity contribution < 1.29 is 9.59 Å². The van der Waals surface area contributed by atoms with Crippen molar-refractivity contribution >= 4 is 11.8 Å². The SMILES string of the molecule is O=C1CN(CC(=O)N2CCCNCC2)CCCN1. The first-order valence-electron chi connectivity index (χ1n) is 6.73. The third-order valence-electron chi connectivity index (χ3n) is 3.39. The fourth-order valence-electron chi connectivity index (χ4n) is 2.39. The minimum absolute atomic E-state index is 0.0258. The maximum Gasteiger partial charge on any atom is 0.236 e. The molecule has 0 unspecified atom stereocenters. The molecule has 2 aliphatic rings. The van der Waals surface area contributed by atoms with Crippen LogP contribution in [0.25, 0.3) is 0 Å². The number of rotatable bonds is 2. The summed E-state index contributed by atoms with van der Waals surface area (Å²) in [6, 6.07) is 0. The molecule has 0 aromatic carbocycles. The van der Waals surface area contributed by atoms with E-state index in [1.54, 1.807) is 0 Å². The van der Waals surface area contributed by atoms with E-state index in [0.29, 0.717) is 13.1 Å². The number of carbonyl (C=O) groups is 2. The van der Waals surface area contributed by atoms with E-state index in [-0.39, 0.29) is 11.8 Å². The van der Waals surface area contributed by atoms with Gasteiger partial charge in [-0.1, -0.05) is 0 Å². The summed E-state index contributed by atoms with van der Waals surface area (Å²) in [6.45, 7) is 5.70. The van der Waals surface area contributed by atoms with Crippen molar-refractivity contribution in [3.63, 3.8) is 0 Å². The molecule has 0 aromatic heterocycles. The molecule has 0 aliphatic carbocycles. The van der Waals surface area contributed by atoms with Gasteiger partial charge in [-0.2, -0.15) is 0 Å². The van der Waals surface area contributed by atoms with Crippen LogP contribution in [0.3, 0.4) is 0 Å². The van der Waals surface area contributed by atoms with Crippen molar-refractivity contribution in [1.29, 1.82) is 0 Å². The van der Waals surface area contributed by atoms with Crippen LogP contribution in [0, 0.1) is 0 Å². The second-order valence-corrected chi connectivity index (χ2v) is 4.90. The summed E-state index contributed by atoms with van der Waals surface area (Å²) in [5, 5.41) is 6.10. The van der Waals surface area contributed by atoms with Crippen LogP contribution in [0.2, 0.25) is 0 Å². The van der Waals surface area contributed by atoms with Crippen molar-refractivity contribution in [1.82, 2.24) is 20.4 Å². The molecule has 2 heterocycles. The molecule has 0 radical (unpaired) electrons. The van der Waals surface area contributed by atoms with Crippen LogP contribution in [0.1, 0.15) is 12.8 Å². The Hall–Kier alpha value is -1.14. The number of nitrogens with one attached hydrogen (secondary N) is 2. The standard InChI is InChI=1S/C12H22N4O2/c17-11-9-15(6-2-4-14-11)10-12(18)16-7-1-3-13-5-8-16/h13H,1-10H2,(H,14,17). The lowest BCUT2D eigenvalue weighted by molar-refractivity contribution is -0.132. The lowest BCUT2D eigenvalue weighted by Gasteiger charge is -2.24. The Morgan fingerprint density at radius 1 is 1.11 bits per heavy atom. The van der Waals surface area contributed by atoms with Gasteiger partial charge in [-0.15, -0.1) is 0 Å². The Balaban J connectivity index is 1.83. The van der Waals surface area contributed by atoms with E-state index in [4.69, 9.17) is 0 Å². The van der Waals surface area contributed by atoms with Crippen LogP contribution in [-0.2, 0) is 9.59 Å². The largest absolute Gasteiger partial charge is 0.355 e. The lowest BCUT2D eigenvalue weighted by atomic mass is 10.3. The maximum atomic E-state index is 12.2. The molecule has 2 amide bonds. The van der Waals surface area contributed by atoms with Crippen LogP contribution >= 0.6 is 0 Å². The van der Waals surface area contributed by atoms with E-state index in [1.807, 2.05) is 9.80 Å². The zero-order valence-electron chi connectivity index (χ0n) is 10.8. The molecule has 6 heteroatoms. The lowest BCUT2D eigenvalue weighted by Crippen LogP contribution is -2.43. The third-order valence-corrected chi connectivity index (χ3v) is 3.39. The highest BCUT2D eigenvalue weighted by Crippen LogP contribution is 2.01. The molecule has 2 saturated heterocycles. The molecule has 6 nitrogen and oxygen atoms in total. The van der Waals surface area contributed by atoms with Crippen LogP contribution < -0.4 is 10.6 Å². The van der Waals surface area contributed by atoms with Gasteiger partial charge in [0.05, 0.1) is 13.1 Å². The summed E-state index contributed by atoms with van der Waals surface area (Å²) >= 11 is 0. The minimum atomic E-state index is 0.0258. The van der Waals surface area contributed by atoms with E-state index in [0.717, 1.165) is 52.1 Å². The second-order valence-electron chi connectivity index (χ2n) is 4.90. The van der Waals surface area contributed by atoms with Gasteiger partial charge in [0.1, 0.15) is 0 Å². The summed E-state index contributed by atoms with van der Waals surface area (Å²) < 4.78 is 0. The Bertz CT molecular complexity index is 300. The molecule has 0 aromatic rings. The monoisotopic (exact) mass is 254 g/mol. The fraction of sp³-hybridized carbons (Fsp3) is 0.833. The van der Waals surface area contributed by atoms with Crippen LogP contribution in [-0.4, -0.2) is 74.0 Å². The predicted octanol–water partition coefficient (Wildman–Crippen LogP) is -1.37. The average Bonchev–Trinajstić information content (AvgIpc) is 2.71. The number of carbonyl (C=O) groups excluding carboxylic acids is 2. The smallest absolute Gasteiger partial charge is 0.236 e. The van der Waals surface area contributed by atoms with Gasteiger partial charge in [-0.25, -0.2) is 0 Å². The van der Waals surface area contributed by atoms with Gasteiger partial charge < -0.3 is 15.5 Å². The van der Waals surface area contributed by atoms with Gasteiger partial charge >= 0.3 is 0 Å². The molecule has 0 bridgehead atoms. The first kappa shape index (κ1) is 13.3. The number of amides is 2. The van der Waals surface area contributed by atoms with Crippen LogP contribution in [0.5, 0.6) is 0 Å². The van der Waals surface area contributed by atoms with Gasteiger partial charge in [-0.3, -0.25) is 14.5 Å². The molecule has 0 saturated carbocycles. The Morgan fingerprint density at radius 2 is 1.94 bits per heavy atom. The van der Waals surface area contributed by atoms with Gasteiger partial charge in [0.2, 0.25) is 11.8 Å². The van der Waals surface area contributed by atoms with Gasteiger partial charge in [0.25, 0.3) is 0 Å². The molecule has 2 aliphatic heterocycles. The highest BCUT2D eigenvalue weighted by Gasteiger charge is 2.21. The quantitative estimate of drug-likeness (QED) is 0.638. The highest BCUT2D eigenvalue weighted by atomic mass is 16.2. The van der Waals surface area contributed by atoms with Crippen molar-refractivity contribution in [2.45, 2.75) is 12.8 Å². The zero-order chi connectivity index (χ0) is 12.8. The molecule has 2 rings (SSSR count). The van der Waals surface area contributed by atoms with Gasteiger partial charge in [0.15, 0.2) is 0 Å². The van der Waals surface area contributed by atoms with E-state index in [9.17, 15) is 9.59 Å². The van der Waals surface area contributed by atoms with Crippen molar-refractivity contribution in [2.24, 2.45) is 0 Å². The summed E-state index contributed by atoms with van der Waals surface area (Å²) in [6.07, 6.45) is 1.92. The summed E-state index contributed by atoms with van der Waals surface area (Å²) in [5.74, 6) is 0.172. The summed E-state index contributed by atoms with van der Waals surface area (Å²) in [7, 11) is 0. The average molecular weight is 254 g/mol. The van der Waals surface area contributed by atoms with E-state index < -0.39 is 0 Å². The summed E-state index contributed by atoms with van der Waals surface area (Å²) in [4.78, 5) is 27.4. The Labute approximate surface area is 108 Å². The van der Waals surface area contributed by atoms with Crippen molar-refractivity contribution in [3.05, 3.63) is 0 Å². The third kappa shape index (κ3) is 3.96. The minimum Gasteiger partial charge on any atom is -0.355 e. The topological polar surface area (TPSA) is 64.7 Å². The van der Waals surface area contributed by atoms with Gasteiger partial charge in [-0.05, 0) is 19.4 Å². The molecule has 102 valence electrons. The first-order chi connectivity index (χ1) is 8.75. The molecule has 2 fully saturated rings. The molecule has 0 spiro atoms. The number of hydrogen-bond acceptors (Lipinski definition) is 4. The first-order valence-corrected chi connectivity index (χ1v) is 6.73. The number of hydrogen-bond donors (Lipinski definition) is 2. The molecular weight excluding hydrogens is 232 g/mol. The molecule has 2 N–H and O–H groups in total. The zero-order valence-corrected chi connectivity index (χ0v) is 10.8. The number of nitrogens with zero attached hydrogens (tertiary/aromatic N) is 2. The maximum absolute atomic E-state index is 12.2.